The van der Waals surface area contributed by atoms with Crippen LogP contribution in [0.1, 0.15) is 24.2 Å². The summed E-state index contributed by atoms with van der Waals surface area (Å²) in [7, 11) is 0. The van der Waals surface area contributed by atoms with E-state index in [0.29, 0.717) is 30.1 Å². The molecule has 0 saturated carbocycles. The first-order valence-electron chi connectivity index (χ1n) is 9.97. The number of carbonyl (C=O) groups excluding carboxylic acids is 1. The number of likely N-dealkylation sites (tertiary alicyclic amines) is 2. The Labute approximate surface area is 165 Å². The topological polar surface area (TPSA) is 54.9 Å². The molecule has 1 aromatic carbocycles. The molecule has 0 bridgehead atoms. The molecule has 2 aromatic rings. The number of pyridine rings is 1. The lowest BCUT2D eigenvalue weighted by Crippen LogP contribution is -2.31. The van der Waals surface area contributed by atoms with Gasteiger partial charge in [-0.25, -0.2) is 4.98 Å². The normalized spacial score (nSPS) is 26.3. The number of rotatable bonds is 3. The van der Waals surface area contributed by atoms with Crippen LogP contribution >= 0.6 is 0 Å². The predicted molar refractivity (Wildman–Crippen MR) is 104 cm³/mol. The monoisotopic (exact) mass is 379 g/mol. The predicted octanol–water partition coefficient (Wildman–Crippen LogP) is 2.50. The summed E-state index contributed by atoms with van der Waals surface area (Å²) in [5.41, 5.74) is 2.41. The van der Waals surface area contributed by atoms with Gasteiger partial charge in [0.2, 0.25) is 5.91 Å². The van der Waals surface area contributed by atoms with Crippen molar-refractivity contribution in [3.05, 3.63) is 53.7 Å². The van der Waals surface area contributed by atoms with E-state index in [9.17, 15) is 4.79 Å². The average molecular weight is 379 g/mol. The number of ether oxygens (including phenoxy) is 2. The van der Waals surface area contributed by atoms with Gasteiger partial charge in [-0.1, -0.05) is 24.3 Å². The van der Waals surface area contributed by atoms with Crippen LogP contribution in [-0.2, 0) is 11.3 Å². The molecule has 0 radical (unpaired) electrons. The number of fused-ring (bicyclic) bond motifs is 2. The van der Waals surface area contributed by atoms with Crippen LogP contribution in [0, 0.1) is 11.8 Å². The molecule has 0 spiro atoms. The van der Waals surface area contributed by atoms with Gasteiger partial charge in [0.1, 0.15) is 6.61 Å². The lowest BCUT2D eigenvalue weighted by molar-refractivity contribution is -0.128. The molecule has 0 aliphatic carbocycles. The first-order chi connectivity index (χ1) is 13.7. The van der Waals surface area contributed by atoms with E-state index in [0.717, 1.165) is 38.3 Å². The van der Waals surface area contributed by atoms with Crippen molar-refractivity contribution in [3.8, 4) is 11.6 Å². The molecule has 5 rings (SSSR count). The summed E-state index contributed by atoms with van der Waals surface area (Å²) < 4.78 is 11.8. The second-order valence-electron chi connectivity index (χ2n) is 8.10. The smallest absolute Gasteiger partial charge is 0.257 e. The van der Waals surface area contributed by atoms with Gasteiger partial charge < -0.3 is 14.4 Å². The van der Waals surface area contributed by atoms with E-state index in [-0.39, 0.29) is 12.0 Å². The molecule has 4 heterocycles. The molecule has 2 fully saturated rings. The Balaban J connectivity index is 1.19. The molecule has 146 valence electrons. The van der Waals surface area contributed by atoms with E-state index >= 15 is 0 Å². The minimum absolute atomic E-state index is 0.125. The highest BCUT2D eigenvalue weighted by Gasteiger charge is 2.40. The Morgan fingerprint density at radius 2 is 1.86 bits per heavy atom. The summed E-state index contributed by atoms with van der Waals surface area (Å²) in [5, 5.41) is 0. The second kappa shape index (κ2) is 7.09. The van der Waals surface area contributed by atoms with Crippen molar-refractivity contribution in [1.29, 1.82) is 0 Å². The second-order valence-corrected chi connectivity index (χ2v) is 8.10. The van der Waals surface area contributed by atoms with Crippen molar-refractivity contribution in [2.45, 2.75) is 19.6 Å². The lowest BCUT2D eigenvalue weighted by atomic mass is 10.0. The Hall–Kier alpha value is -2.60. The number of carbonyl (C=O) groups is 1. The number of aromatic nitrogens is 1. The van der Waals surface area contributed by atoms with Gasteiger partial charge in [0.05, 0.1) is 0 Å². The summed E-state index contributed by atoms with van der Waals surface area (Å²) in [6.07, 6.45) is 1.59. The summed E-state index contributed by atoms with van der Waals surface area (Å²) in [4.78, 5) is 20.3. The summed E-state index contributed by atoms with van der Waals surface area (Å²) >= 11 is 0. The number of hydrogen-bond acceptors (Lipinski definition) is 5. The third kappa shape index (κ3) is 3.33. The highest BCUT2D eigenvalue weighted by atomic mass is 16.6. The molecule has 6 heteroatoms. The number of nitrogens with zero attached hydrogens (tertiary/aromatic N) is 3. The molecular formula is C22H25N3O3. The van der Waals surface area contributed by atoms with Crippen LogP contribution in [0.25, 0.3) is 0 Å². The fraction of sp³-hybridized carbons (Fsp3) is 0.455. The lowest BCUT2D eigenvalue weighted by Gasteiger charge is -2.26. The molecule has 3 aliphatic rings. The van der Waals surface area contributed by atoms with E-state index in [2.05, 4.69) is 34.1 Å². The van der Waals surface area contributed by atoms with Gasteiger partial charge in [-0.3, -0.25) is 9.69 Å². The molecular weight excluding hydrogens is 354 g/mol. The zero-order valence-corrected chi connectivity index (χ0v) is 16.1. The minimum atomic E-state index is -0.125. The Kier molecular flexibility index (Phi) is 4.43. The highest BCUT2D eigenvalue weighted by Crippen LogP contribution is 2.34. The van der Waals surface area contributed by atoms with Crippen LogP contribution in [0.3, 0.4) is 0 Å². The largest absolute Gasteiger partial charge is 0.484 e. The zero-order chi connectivity index (χ0) is 19.1. The van der Waals surface area contributed by atoms with Gasteiger partial charge in [0.25, 0.3) is 5.88 Å². The Bertz CT molecular complexity index is 856. The summed E-state index contributed by atoms with van der Waals surface area (Å²) in [6.45, 7) is 7.14. The van der Waals surface area contributed by atoms with Crippen molar-refractivity contribution in [3.63, 3.8) is 0 Å². The van der Waals surface area contributed by atoms with Gasteiger partial charge in [-0.2, -0.15) is 0 Å². The van der Waals surface area contributed by atoms with E-state index in [1.807, 2.05) is 17.0 Å². The third-order valence-electron chi connectivity index (χ3n) is 6.15. The summed E-state index contributed by atoms with van der Waals surface area (Å²) in [5.74, 6) is 2.74. The van der Waals surface area contributed by atoms with Crippen molar-refractivity contribution in [1.82, 2.24) is 14.8 Å². The van der Waals surface area contributed by atoms with Gasteiger partial charge in [0, 0.05) is 45.8 Å². The number of benzene rings is 1. The quantitative estimate of drug-likeness (QED) is 0.820. The van der Waals surface area contributed by atoms with E-state index < -0.39 is 0 Å². The van der Waals surface area contributed by atoms with Gasteiger partial charge in [-0.15, -0.1) is 0 Å². The van der Waals surface area contributed by atoms with Crippen LogP contribution in [0.2, 0.25) is 0 Å². The maximum absolute atomic E-state index is 11.6. The third-order valence-corrected chi connectivity index (χ3v) is 6.15. The van der Waals surface area contributed by atoms with Crippen molar-refractivity contribution in [2.75, 3.05) is 32.8 Å². The van der Waals surface area contributed by atoms with Crippen LogP contribution < -0.4 is 9.47 Å². The van der Waals surface area contributed by atoms with Crippen LogP contribution in [0.5, 0.6) is 11.6 Å². The van der Waals surface area contributed by atoms with Crippen LogP contribution in [0.4, 0.5) is 0 Å². The first-order valence-corrected chi connectivity index (χ1v) is 9.97. The minimum Gasteiger partial charge on any atom is -0.484 e. The van der Waals surface area contributed by atoms with Crippen molar-refractivity contribution >= 4 is 5.91 Å². The van der Waals surface area contributed by atoms with Gasteiger partial charge >= 0.3 is 0 Å². The summed E-state index contributed by atoms with van der Waals surface area (Å²) in [6, 6.07) is 12.4. The maximum Gasteiger partial charge on any atom is 0.257 e. The first kappa shape index (κ1) is 17.5. The molecule has 2 unspecified atom stereocenters. The van der Waals surface area contributed by atoms with Gasteiger partial charge in [-0.05, 0) is 35.1 Å². The standard InChI is InChI=1S/C22H25N3O3/c1-15(26)25-12-18-10-24(11-19(18)13-25)9-16-4-6-17(7-5-16)21-14-27-20-3-2-8-23-22(20)28-21/h2-8,18-19,21H,9-14H2,1H3/t18?,19?,21-/m1/s1. The molecule has 3 atom stereocenters. The number of amides is 1. The Morgan fingerprint density at radius 1 is 1.11 bits per heavy atom. The molecule has 1 aromatic heterocycles. The molecule has 0 N–H and O–H groups in total. The van der Waals surface area contributed by atoms with E-state index in [1.54, 1.807) is 13.1 Å². The van der Waals surface area contributed by atoms with Gasteiger partial charge in [0.15, 0.2) is 11.9 Å². The molecule has 2 saturated heterocycles. The maximum atomic E-state index is 11.6. The molecule has 3 aliphatic heterocycles. The SMILES string of the molecule is CC(=O)N1CC2CN(Cc3ccc([C@H]4COc5cccnc5O4)cc3)CC2C1. The Morgan fingerprint density at radius 3 is 2.57 bits per heavy atom. The van der Waals surface area contributed by atoms with Crippen LogP contribution in [-0.4, -0.2) is 53.5 Å². The fourth-order valence-electron chi connectivity index (χ4n) is 4.65. The fourth-order valence-corrected chi connectivity index (χ4v) is 4.65. The zero-order valence-electron chi connectivity index (χ0n) is 16.1. The van der Waals surface area contributed by atoms with Crippen molar-refractivity contribution in [2.24, 2.45) is 11.8 Å². The van der Waals surface area contributed by atoms with Crippen LogP contribution in [0.15, 0.2) is 42.6 Å². The molecule has 28 heavy (non-hydrogen) atoms. The van der Waals surface area contributed by atoms with Crippen molar-refractivity contribution < 1.29 is 14.3 Å². The highest BCUT2D eigenvalue weighted by molar-refractivity contribution is 5.73. The van der Waals surface area contributed by atoms with E-state index in [1.165, 1.54) is 5.56 Å². The number of hydrogen-bond donors (Lipinski definition) is 0. The van der Waals surface area contributed by atoms with E-state index in [4.69, 9.17) is 9.47 Å². The average Bonchev–Trinajstić information content (AvgIpc) is 3.27. The molecule has 6 nitrogen and oxygen atoms in total. The molecule has 1 amide bonds.